The SMILES string of the molecule is C=CC1COC(=O)/C1=C(\OC(C)=O)C(=O)OC. The molecule has 6 nitrogen and oxygen atoms in total. The Labute approximate surface area is 97.8 Å². The second-order valence-electron chi connectivity index (χ2n) is 3.27. The number of cyclic esters (lactones) is 1. The second kappa shape index (κ2) is 5.29. The smallest absolute Gasteiger partial charge is 0.374 e. The minimum Gasteiger partial charge on any atom is -0.463 e. The van der Waals surface area contributed by atoms with Crippen LogP contribution in [0.15, 0.2) is 24.0 Å². The summed E-state index contributed by atoms with van der Waals surface area (Å²) in [6, 6.07) is 0. The normalized spacial score (nSPS) is 21.5. The molecule has 0 aromatic rings. The third-order valence-electron chi connectivity index (χ3n) is 2.13. The van der Waals surface area contributed by atoms with E-state index in [0.717, 1.165) is 14.0 Å². The first kappa shape index (κ1) is 13.0. The van der Waals surface area contributed by atoms with E-state index in [9.17, 15) is 14.4 Å². The van der Waals surface area contributed by atoms with Gasteiger partial charge in [0, 0.05) is 12.8 Å². The van der Waals surface area contributed by atoms with Gasteiger partial charge in [-0.3, -0.25) is 4.79 Å². The summed E-state index contributed by atoms with van der Waals surface area (Å²) in [6.07, 6.45) is 1.44. The van der Waals surface area contributed by atoms with Crippen LogP contribution in [-0.2, 0) is 28.6 Å². The lowest BCUT2D eigenvalue weighted by atomic mass is 10.0. The van der Waals surface area contributed by atoms with Crippen molar-refractivity contribution in [1.82, 2.24) is 0 Å². The van der Waals surface area contributed by atoms with Gasteiger partial charge < -0.3 is 14.2 Å². The first-order chi connectivity index (χ1) is 8.01. The van der Waals surface area contributed by atoms with Crippen LogP contribution < -0.4 is 0 Å². The molecule has 0 aromatic heterocycles. The lowest BCUT2D eigenvalue weighted by Crippen LogP contribution is -2.18. The van der Waals surface area contributed by atoms with Crippen molar-refractivity contribution in [2.75, 3.05) is 13.7 Å². The van der Waals surface area contributed by atoms with Crippen LogP contribution in [0.1, 0.15) is 6.92 Å². The highest BCUT2D eigenvalue weighted by molar-refractivity contribution is 6.02. The Morgan fingerprint density at radius 1 is 1.53 bits per heavy atom. The molecule has 1 fully saturated rings. The van der Waals surface area contributed by atoms with Crippen molar-refractivity contribution in [3.8, 4) is 0 Å². The number of hydrogen-bond donors (Lipinski definition) is 0. The fraction of sp³-hybridized carbons (Fsp3) is 0.364. The maximum Gasteiger partial charge on any atom is 0.374 e. The number of ether oxygens (including phenoxy) is 3. The minimum absolute atomic E-state index is 0.0398. The molecule has 1 atom stereocenters. The zero-order valence-corrected chi connectivity index (χ0v) is 9.52. The van der Waals surface area contributed by atoms with E-state index < -0.39 is 29.6 Å². The molecule has 0 aliphatic carbocycles. The molecule has 1 heterocycles. The van der Waals surface area contributed by atoms with Gasteiger partial charge in [-0.05, 0) is 0 Å². The number of hydrogen-bond acceptors (Lipinski definition) is 6. The second-order valence-corrected chi connectivity index (χ2v) is 3.27. The molecule has 1 rings (SSSR count). The third kappa shape index (κ3) is 2.72. The van der Waals surface area contributed by atoms with Crippen molar-refractivity contribution < 1.29 is 28.6 Å². The maximum atomic E-state index is 11.5. The first-order valence-corrected chi connectivity index (χ1v) is 4.81. The predicted octanol–water partition coefficient (Wildman–Crippen LogP) is 0.336. The number of rotatable bonds is 3. The quantitative estimate of drug-likeness (QED) is 0.232. The van der Waals surface area contributed by atoms with Crippen LogP contribution in [-0.4, -0.2) is 31.6 Å². The van der Waals surface area contributed by atoms with Gasteiger partial charge in [0.25, 0.3) is 0 Å². The van der Waals surface area contributed by atoms with Gasteiger partial charge in [-0.25, -0.2) is 9.59 Å². The highest BCUT2D eigenvalue weighted by atomic mass is 16.6. The van der Waals surface area contributed by atoms with E-state index in [1.165, 1.54) is 6.08 Å². The van der Waals surface area contributed by atoms with Crippen LogP contribution in [0.25, 0.3) is 0 Å². The Hall–Kier alpha value is -2.11. The van der Waals surface area contributed by atoms with Gasteiger partial charge in [0.15, 0.2) is 0 Å². The molecule has 17 heavy (non-hydrogen) atoms. The lowest BCUT2D eigenvalue weighted by Gasteiger charge is -2.08. The number of carbonyl (C=O) groups excluding carboxylic acids is 3. The molecule has 0 aromatic carbocycles. The van der Waals surface area contributed by atoms with Gasteiger partial charge >= 0.3 is 17.9 Å². The van der Waals surface area contributed by atoms with Crippen molar-refractivity contribution in [3.05, 3.63) is 24.0 Å². The topological polar surface area (TPSA) is 78.9 Å². The van der Waals surface area contributed by atoms with Crippen LogP contribution in [0.2, 0.25) is 0 Å². The summed E-state index contributed by atoms with van der Waals surface area (Å²) >= 11 is 0. The summed E-state index contributed by atoms with van der Waals surface area (Å²) in [5.74, 6) is -3.26. The highest BCUT2D eigenvalue weighted by Crippen LogP contribution is 2.26. The predicted molar refractivity (Wildman–Crippen MR) is 55.5 cm³/mol. The fourth-order valence-electron chi connectivity index (χ4n) is 1.37. The van der Waals surface area contributed by atoms with E-state index >= 15 is 0 Å². The Morgan fingerprint density at radius 2 is 2.18 bits per heavy atom. The molecule has 0 spiro atoms. The van der Waals surface area contributed by atoms with E-state index in [2.05, 4.69) is 11.3 Å². The molecule has 0 amide bonds. The molecule has 1 unspecified atom stereocenters. The van der Waals surface area contributed by atoms with Gasteiger partial charge in [-0.1, -0.05) is 6.08 Å². The van der Waals surface area contributed by atoms with Crippen LogP contribution >= 0.6 is 0 Å². The third-order valence-corrected chi connectivity index (χ3v) is 2.13. The summed E-state index contributed by atoms with van der Waals surface area (Å²) < 4.78 is 13.9. The Balaban J connectivity index is 3.23. The van der Waals surface area contributed by atoms with Crippen molar-refractivity contribution in [2.45, 2.75) is 6.92 Å². The maximum absolute atomic E-state index is 11.5. The zero-order valence-electron chi connectivity index (χ0n) is 9.52. The Bertz CT molecular complexity index is 406. The van der Waals surface area contributed by atoms with Crippen LogP contribution in [0.4, 0.5) is 0 Å². The van der Waals surface area contributed by atoms with Gasteiger partial charge in [-0.15, -0.1) is 6.58 Å². The summed E-state index contributed by atoms with van der Waals surface area (Å²) in [4.78, 5) is 33.8. The first-order valence-electron chi connectivity index (χ1n) is 4.81. The van der Waals surface area contributed by atoms with E-state index in [0.29, 0.717) is 0 Å². The summed E-state index contributed by atoms with van der Waals surface area (Å²) in [5.41, 5.74) is -0.0398. The van der Waals surface area contributed by atoms with Crippen LogP contribution in [0, 0.1) is 5.92 Å². The van der Waals surface area contributed by atoms with Gasteiger partial charge in [0.2, 0.25) is 5.76 Å². The molecule has 0 radical (unpaired) electrons. The van der Waals surface area contributed by atoms with E-state index in [1.54, 1.807) is 0 Å². The molecule has 92 valence electrons. The van der Waals surface area contributed by atoms with E-state index in [4.69, 9.17) is 9.47 Å². The van der Waals surface area contributed by atoms with Crippen molar-refractivity contribution in [2.24, 2.45) is 5.92 Å². The molecule has 0 bridgehead atoms. The average molecular weight is 240 g/mol. The number of methoxy groups -OCH3 is 1. The van der Waals surface area contributed by atoms with Crippen LogP contribution in [0.5, 0.6) is 0 Å². The van der Waals surface area contributed by atoms with Crippen LogP contribution in [0.3, 0.4) is 0 Å². The highest BCUT2D eigenvalue weighted by Gasteiger charge is 2.36. The molecule has 1 aliphatic rings. The fourth-order valence-corrected chi connectivity index (χ4v) is 1.37. The molecule has 1 saturated heterocycles. The van der Waals surface area contributed by atoms with Crippen molar-refractivity contribution >= 4 is 17.9 Å². The van der Waals surface area contributed by atoms with Crippen molar-refractivity contribution in [3.63, 3.8) is 0 Å². The van der Waals surface area contributed by atoms with Crippen molar-refractivity contribution in [1.29, 1.82) is 0 Å². The largest absolute Gasteiger partial charge is 0.463 e. The molecule has 0 saturated carbocycles. The molecule has 0 N–H and O–H groups in total. The van der Waals surface area contributed by atoms with E-state index in [1.807, 2.05) is 0 Å². The summed E-state index contributed by atoms with van der Waals surface area (Å²) in [7, 11) is 1.12. The molecular weight excluding hydrogens is 228 g/mol. The standard InChI is InChI=1S/C11H12O6/c1-4-7-5-16-10(13)8(7)9(11(14)15-3)17-6(2)12/h4,7H,1,5H2,2-3H3/b9-8-. The minimum atomic E-state index is -0.902. The summed E-state index contributed by atoms with van der Waals surface area (Å²) in [6.45, 7) is 4.70. The Morgan fingerprint density at radius 3 is 2.65 bits per heavy atom. The average Bonchev–Trinajstić information content (AvgIpc) is 2.66. The monoisotopic (exact) mass is 240 g/mol. The lowest BCUT2D eigenvalue weighted by molar-refractivity contribution is -0.149. The zero-order chi connectivity index (χ0) is 13.0. The Kier molecular flexibility index (Phi) is 4.03. The van der Waals surface area contributed by atoms with Gasteiger partial charge in [0.1, 0.15) is 6.61 Å². The number of carbonyl (C=O) groups is 3. The summed E-state index contributed by atoms with van der Waals surface area (Å²) in [5, 5.41) is 0. The van der Waals surface area contributed by atoms with Gasteiger partial charge in [0.05, 0.1) is 12.7 Å². The molecular formula is C11H12O6. The molecule has 1 aliphatic heterocycles. The number of esters is 3. The van der Waals surface area contributed by atoms with Gasteiger partial charge in [-0.2, -0.15) is 0 Å². The van der Waals surface area contributed by atoms with E-state index in [-0.39, 0.29) is 12.2 Å². The molecule has 6 heteroatoms.